The molecule has 0 aliphatic carbocycles. The summed E-state index contributed by atoms with van der Waals surface area (Å²) < 4.78 is 54.2. The second-order valence-corrected chi connectivity index (χ2v) is 5.74. The van der Waals surface area contributed by atoms with Crippen molar-refractivity contribution in [3.8, 4) is 17.2 Å². The summed E-state index contributed by atoms with van der Waals surface area (Å²) in [6.07, 6.45) is -4.46. The van der Waals surface area contributed by atoms with Crippen LogP contribution < -0.4 is 19.5 Å². The summed E-state index contributed by atoms with van der Waals surface area (Å²) >= 11 is 0. The van der Waals surface area contributed by atoms with Crippen molar-refractivity contribution in [2.24, 2.45) is 0 Å². The third-order valence-corrected chi connectivity index (χ3v) is 3.63. The number of nitrogens with one attached hydrogen (secondary N) is 1. The minimum Gasteiger partial charge on any atom is -0.490 e. The van der Waals surface area contributed by atoms with Crippen LogP contribution in [0.4, 0.5) is 13.2 Å². The molecule has 0 heterocycles. The fourth-order valence-electron chi connectivity index (χ4n) is 2.37. The molecule has 0 saturated carbocycles. The van der Waals surface area contributed by atoms with E-state index >= 15 is 0 Å². The predicted octanol–water partition coefficient (Wildman–Crippen LogP) is 4.20. The van der Waals surface area contributed by atoms with Crippen LogP contribution in [-0.4, -0.2) is 25.7 Å². The van der Waals surface area contributed by atoms with Crippen molar-refractivity contribution >= 4 is 5.91 Å². The van der Waals surface area contributed by atoms with Crippen molar-refractivity contribution < 1.29 is 32.2 Å². The highest BCUT2D eigenvalue weighted by atomic mass is 19.4. The van der Waals surface area contributed by atoms with Crippen LogP contribution in [0.3, 0.4) is 0 Å². The number of amides is 1. The molecule has 2 rings (SSSR count). The summed E-state index contributed by atoms with van der Waals surface area (Å²) in [4.78, 5) is 11.9. The molecule has 0 bridgehead atoms. The first kappa shape index (κ1) is 21.4. The monoisotopic (exact) mass is 397 g/mol. The number of hydrogen-bond donors (Lipinski definition) is 1. The van der Waals surface area contributed by atoms with Gasteiger partial charge in [-0.25, -0.2) is 0 Å². The molecule has 0 aliphatic rings. The van der Waals surface area contributed by atoms with Crippen LogP contribution in [0.5, 0.6) is 17.2 Å². The van der Waals surface area contributed by atoms with Gasteiger partial charge in [0, 0.05) is 6.54 Å². The Morgan fingerprint density at radius 3 is 2.36 bits per heavy atom. The minimum absolute atomic E-state index is 0.0234. The van der Waals surface area contributed by atoms with Crippen LogP contribution in [0.2, 0.25) is 0 Å². The van der Waals surface area contributed by atoms with E-state index in [0.29, 0.717) is 24.7 Å². The SMILES string of the molecule is CCOc1ccc(CNC(=O)COc2cccc(C(F)(F)F)c2)cc1OCC. The zero-order chi connectivity index (χ0) is 20.6. The van der Waals surface area contributed by atoms with Crippen molar-refractivity contribution in [1.29, 1.82) is 0 Å². The van der Waals surface area contributed by atoms with E-state index in [-0.39, 0.29) is 12.3 Å². The Balaban J connectivity index is 1.90. The number of halogens is 3. The third-order valence-electron chi connectivity index (χ3n) is 3.63. The molecule has 0 fully saturated rings. The lowest BCUT2D eigenvalue weighted by Gasteiger charge is -2.13. The maximum Gasteiger partial charge on any atom is 0.416 e. The molecule has 28 heavy (non-hydrogen) atoms. The van der Waals surface area contributed by atoms with Gasteiger partial charge in [-0.3, -0.25) is 4.79 Å². The van der Waals surface area contributed by atoms with Crippen molar-refractivity contribution in [3.63, 3.8) is 0 Å². The Bertz CT molecular complexity index is 793. The first-order valence-electron chi connectivity index (χ1n) is 8.78. The van der Waals surface area contributed by atoms with Crippen molar-refractivity contribution in [2.45, 2.75) is 26.6 Å². The van der Waals surface area contributed by atoms with E-state index in [9.17, 15) is 18.0 Å². The molecule has 0 spiro atoms. The number of benzene rings is 2. The number of alkyl halides is 3. The summed E-state index contributed by atoms with van der Waals surface area (Å²) in [6, 6.07) is 9.70. The highest BCUT2D eigenvalue weighted by Crippen LogP contribution is 2.31. The average Bonchev–Trinajstić information content (AvgIpc) is 2.66. The molecule has 2 aromatic carbocycles. The van der Waals surface area contributed by atoms with Crippen LogP contribution in [0.1, 0.15) is 25.0 Å². The van der Waals surface area contributed by atoms with Crippen molar-refractivity contribution in [3.05, 3.63) is 53.6 Å². The van der Waals surface area contributed by atoms with E-state index in [0.717, 1.165) is 17.7 Å². The van der Waals surface area contributed by atoms with Crippen LogP contribution in [0.15, 0.2) is 42.5 Å². The van der Waals surface area contributed by atoms with Gasteiger partial charge in [0.1, 0.15) is 5.75 Å². The molecule has 152 valence electrons. The van der Waals surface area contributed by atoms with Gasteiger partial charge >= 0.3 is 6.18 Å². The number of carbonyl (C=O) groups excluding carboxylic acids is 1. The van der Waals surface area contributed by atoms with Gasteiger partial charge in [-0.05, 0) is 49.7 Å². The van der Waals surface area contributed by atoms with E-state index in [1.807, 2.05) is 13.8 Å². The molecule has 8 heteroatoms. The summed E-state index contributed by atoms with van der Waals surface area (Å²) in [6.45, 7) is 4.53. The molecule has 1 amide bonds. The van der Waals surface area contributed by atoms with E-state index in [1.165, 1.54) is 12.1 Å². The average molecular weight is 397 g/mol. The standard InChI is InChI=1S/C20H22F3NO4/c1-3-26-17-9-8-14(10-18(17)27-4-2)12-24-19(25)13-28-16-7-5-6-15(11-16)20(21,22)23/h5-11H,3-4,12-13H2,1-2H3,(H,24,25). The molecule has 5 nitrogen and oxygen atoms in total. The zero-order valence-corrected chi connectivity index (χ0v) is 15.6. The van der Waals surface area contributed by atoms with Gasteiger partial charge in [-0.1, -0.05) is 12.1 Å². The highest BCUT2D eigenvalue weighted by Gasteiger charge is 2.30. The number of rotatable bonds is 9. The predicted molar refractivity (Wildman–Crippen MR) is 97.6 cm³/mol. The van der Waals surface area contributed by atoms with E-state index < -0.39 is 24.3 Å². The van der Waals surface area contributed by atoms with E-state index in [2.05, 4.69) is 5.32 Å². The molecule has 2 aromatic rings. The first-order chi connectivity index (χ1) is 13.3. The van der Waals surface area contributed by atoms with Gasteiger partial charge in [0.05, 0.1) is 18.8 Å². The van der Waals surface area contributed by atoms with Gasteiger partial charge in [0.15, 0.2) is 18.1 Å². The second kappa shape index (κ2) is 9.87. The fourth-order valence-corrected chi connectivity index (χ4v) is 2.37. The summed E-state index contributed by atoms with van der Waals surface area (Å²) in [7, 11) is 0. The molecule has 0 atom stereocenters. The molecular weight excluding hydrogens is 375 g/mol. The number of hydrogen-bond acceptors (Lipinski definition) is 4. The lowest BCUT2D eigenvalue weighted by molar-refractivity contribution is -0.137. The lowest BCUT2D eigenvalue weighted by Crippen LogP contribution is -2.28. The van der Waals surface area contributed by atoms with E-state index in [4.69, 9.17) is 14.2 Å². The van der Waals surface area contributed by atoms with Crippen molar-refractivity contribution in [1.82, 2.24) is 5.32 Å². The molecule has 0 radical (unpaired) electrons. The normalized spacial score (nSPS) is 11.0. The first-order valence-corrected chi connectivity index (χ1v) is 8.78. The molecular formula is C20H22F3NO4. The lowest BCUT2D eigenvalue weighted by atomic mass is 10.2. The van der Waals surface area contributed by atoms with Gasteiger partial charge in [-0.2, -0.15) is 13.2 Å². The van der Waals surface area contributed by atoms with Gasteiger partial charge in [-0.15, -0.1) is 0 Å². The molecule has 0 aromatic heterocycles. The molecule has 1 N–H and O–H groups in total. The Kier molecular flexibility index (Phi) is 7.54. The fraction of sp³-hybridized carbons (Fsp3) is 0.350. The van der Waals surface area contributed by atoms with Crippen molar-refractivity contribution in [2.75, 3.05) is 19.8 Å². The maximum absolute atomic E-state index is 12.7. The molecule has 0 aliphatic heterocycles. The Hall–Kier alpha value is -2.90. The number of ether oxygens (including phenoxy) is 3. The summed E-state index contributed by atoms with van der Waals surface area (Å²) in [5.74, 6) is 0.720. The van der Waals surface area contributed by atoms with Crippen LogP contribution >= 0.6 is 0 Å². The Morgan fingerprint density at radius 2 is 1.68 bits per heavy atom. The van der Waals surface area contributed by atoms with E-state index in [1.54, 1.807) is 18.2 Å². The summed E-state index contributed by atoms with van der Waals surface area (Å²) in [5, 5.41) is 2.65. The molecule has 0 unspecified atom stereocenters. The highest BCUT2D eigenvalue weighted by molar-refractivity contribution is 5.77. The largest absolute Gasteiger partial charge is 0.490 e. The Labute approximate surface area is 161 Å². The topological polar surface area (TPSA) is 56.8 Å². The quantitative estimate of drug-likeness (QED) is 0.689. The second-order valence-electron chi connectivity index (χ2n) is 5.74. The number of carbonyl (C=O) groups is 1. The van der Waals surface area contributed by atoms with Crippen LogP contribution in [0.25, 0.3) is 0 Å². The smallest absolute Gasteiger partial charge is 0.416 e. The molecule has 0 saturated heterocycles. The summed E-state index contributed by atoms with van der Waals surface area (Å²) in [5.41, 5.74) is -0.0393. The maximum atomic E-state index is 12.7. The van der Waals surface area contributed by atoms with Gasteiger partial charge in [0.2, 0.25) is 0 Å². The van der Waals surface area contributed by atoms with Gasteiger partial charge in [0.25, 0.3) is 5.91 Å². The van der Waals surface area contributed by atoms with Gasteiger partial charge < -0.3 is 19.5 Å². The Morgan fingerprint density at radius 1 is 0.964 bits per heavy atom. The van der Waals surface area contributed by atoms with Crippen LogP contribution in [0, 0.1) is 0 Å². The third kappa shape index (κ3) is 6.37. The zero-order valence-electron chi connectivity index (χ0n) is 15.6. The minimum atomic E-state index is -4.46. The van der Waals surface area contributed by atoms with Crippen LogP contribution in [-0.2, 0) is 17.5 Å².